The quantitative estimate of drug-likeness (QED) is 0.148. The van der Waals surface area contributed by atoms with Gasteiger partial charge in [0.05, 0.1) is 16.7 Å². The predicted octanol–water partition coefficient (Wildman–Crippen LogP) is 17.2. The van der Waals surface area contributed by atoms with Crippen molar-refractivity contribution in [1.82, 2.24) is 4.57 Å². The molecule has 12 aromatic rings. The maximum atomic E-state index is 2.47. The predicted molar refractivity (Wildman–Crippen MR) is 272 cm³/mol. The van der Waals surface area contributed by atoms with E-state index in [4.69, 9.17) is 0 Å². The number of benzene rings is 11. The molecule has 64 heavy (non-hydrogen) atoms. The van der Waals surface area contributed by atoms with Gasteiger partial charge in [-0.25, -0.2) is 0 Å². The molecule has 2 heteroatoms. The van der Waals surface area contributed by atoms with E-state index in [9.17, 15) is 0 Å². The molecule has 0 fully saturated rings. The van der Waals surface area contributed by atoms with Crippen LogP contribution in [0.5, 0.6) is 0 Å². The summed E-state index contributed by atoms with van der Waals surface area (Å²) in [5.41, 5.74) is 16.4. The summed E-state index contributed by atoms with van der Waals surface area (Å²) in [7, 11) is 0. The van der Waals surface area contributed by atoms with Gasteiger partial charge in [-0.15, -0.1) is 0 Å². The van der Waals surface area contributed by atoms with Gasteiger partial charge in [-0.1, -0.05) is 206 Å². The van der Waals surface area contributed by atoms with E-state index in [1.807, 2.05) is 0 Å². The Kier molecular flexibility index (Phi) is 9.20. The van der Waals surface area contributed by atoms with Gasteiger partial charge in [0.1, 0.15) is 0 Å². The number of para-hydroxylation sites is 3. The highest BCUT2D eigenvalue weighted by Gasteiger charge is 2.20. The summed E-state index contributed by atoms with van der Waals surface area (Å²) in [6.07, 6.45) is 0. The minimum atomic E-state index is 1.08. The first-order chi connectivity index (χ1) is 31.8. The maximum Gasteiger partial charge on any atom is 0.0619 e. The highest BCUT2D eigenvalue weighted by Crippen LogP contribution is 2.43. The van der Waals surface area contributed by atoms with Crippen molar-refractivity contribution in [2.75, 3.05) is 4.90 Å². The molecule has 11 aromatic carbocycles. The van der Waals surface area contributed by atoms with Crippen LogP contribution in [0.15, 0.2) is 255 Å². The second kappa shape index (κ2) is 15.8. The van der Waals surface area contributed by atoms with Crippen LogP contribution < -0.4 is 4.90 Å². The van der Waals surface area contributed by atoms with Crippen molar-refractivity contribution in [3.8, 4) is 50.2 Å². The van der Waals surface area contributed by atoms with Gasteiger partial charge in [0.25, 0.3) is 0 Å². The number of anilines is 3. The summed E-state index contributed by atoms with van der Waals surface area (Å²) in [6.45, 7) is 0. The fraction of sp³-hybridized carbons (Fsp3) is 0. The molecule has 0 radical (unpaired) electrons. The molecule has 0 spiro atoms. The lowest BCUT2D eigenvalue weighted by Gasteiger charge is -2.26. The van der Waals surface area contributed by atoms with Crippen LogP contribution in [0.4, 0.5) is 17.1 Å². The van der Waals surface area contributed by atoms with Crippen LogP contribution in [-0.4, -0.2) is 4.57 Å². The van der Waals surface area contributed by atoms with Crippen LogP contribution in [0, 0.1) is 0 Å². The fourth-order valence-corrected chi connectivity index (χ4v) is 9.80. The summed E-state index contributed by atoms with van der Waals surface area (Å²) < 4.78 is 2.47. The number of hydrogen-bond acceptors (Lipinski definition) is 1. The Hall–Kier alpha value is -8.46. The average Bonchev–Trinajstić information content (AvgIpc) is 3.71. The SMILES string of the molecule is c1ccc(-c2cccc3c4ccccc4n(-c4ccccc4-c4ccc(N(c5ccc(-c6cccc7ccccc67)cc5)c5ccc(-c6cccc7ccccc67)cc5)cc4)c23)cc1. The molecule has 0 aliphatic heterocycles. The standard InChI is InChI=1S/C62H42N2/c1-2-15-45(16-3-1)57-27-14-28-59-58-24-9-11-30-61(58)64(62(57)59)60-29-10-8-23-56(60)48-35-41-51(42-36-48)63(49-37-31-46(32-38-49)54-25-12-19-43-17-4-6-21-52(43)54)50-39-33-47(34-40-50)55-26-13-20-44-18-5-7-22-53(44)55/h1-42H. The number of rotatable bonds is 8. The molecule has 1 heterocycles. The Labute approximate surface area is 373 Å². The lowest BCUT2D eigenvalue weighted by Crippen LogP contribution is -2.10. The van der Waals surface area contributed by atoms with E-state index in [2.05, 4.69) is 264 Å². The highest BCUT2D eigenvalue weighted by atomic mass is 15.1. The molecular formula is C62H42N2. The first kappa shape index (κ1) is 37.3. The van der Waals surface area contributed by atoms with Crippen LogP contribution >= 0.6 is 0 Å². The number of aromatic nitrogens is 1. The van der Waals surface area contributed by atoms with Gasteiger partial charge in [-0.2, -0.15) is 0 Å². The lowest BCUT2D eigenvalue weighted by molar-refractivity contribution is 1.18. The van der Waals surface area contributed by atoms with Crippen LogP contribution in [0.3, 0.4) is 0 Å². The van der Waals surface area contributed by atoms with Crippen molar-refractivity contribution in [3.63, 3.8) is 0 Å². The van der Waals surface area contributed by atoms with E-state index >= 15 is 0 Å². The topological polar surface area (TPSA) is 8.17 Å². The molecule has 0 saturated carbocycles. The zero-order chi connectivity index (χ0) is 42.4. The van der Waals surface area contributed by atoms with Crippen LogP contribution in [0.1, 0.15) is 0 Å². The van der Waals surface area contributed by atoms with Crippen molar-refractivity contribution in [3.05, 3.63) is 255 Å². The Balaban J connectivity index is 0.974. The van der Waals surface area contributed by atoms with E-state index in [-0.39, 0.29) is 0 Å². The van der Waals surface area contributed by atoms with Crippen LogP contribution in [0.2, 0.25) is 0 Å². The second-order valence-electron chi connectivity index (χ2n) is 16.5. The molecule has 0 amide bonds. The molecule has 1 aromatic heterocycles. The minimum Gasteiger partial charge on any atom is -0.311 e. The van der Waals surface area contributed by atoms with Gasteiger partial charge >= 0.3 is 0 Å². The van der Waals surface area contributed by atoms with Gasteiger partial charge in [0.2, 0.25) is 0 Å². The molecule has 0 aliphatic rings. The van der Waals surface area contributed by atoms with E-state index in [0.717, 1.165) is 28.3 Å². The Morgan fingerprint density at radius 2 is 0.641 bits per heavy atom. The molecule has 0 bridgehead atoms. The van der Waals surface area contributed by atoms with Crippen LogP contribution in [0.25, 0.3) is 93.5 Å². The summed E-state index contributed by atoms with van der Waals surface area (Å²) in [5.74, 6) is 0. The molecule has 12 rings (SSSR count). The Morgan fingerprint density at radius 1 is 0.250 bits per heavy atom. The van der Waals surface area contributed by atoms with Crippen molar-refractivity contribution < 1.29 is 0 Å². The van der Waals surface area contributed by atoms with Crippen molar-refractivity contribution in [1.29, 1.82) is 0 Å². The van der Waals surface area contributed by atoms with Gasteiger partial charge in [0.15, 0.2) is 0 Å². The highest BCUT2D eigenvalue weighted by molar-refractivity contribution is 6.14. The third kappa shape index (κ3) is 6.44. The van der Waals surface area contributed by atoms with E-state index in [1.54, 1.807) is 0 Å². The van der Waals surface area contributed by atoms with E-state index in [0.29, 0.717) is 0 Å². The van der Waals surface area contributed by atoms with Gasteiger partial charge < -0.3 is 9.47 Å². The Morgan fingerprint density at radius 3 is 1.23 bits per heavy atom. The summed E-state index contributed by atoms with van der Waals surface area (Å²) in [4.78, 5) is 2.37. The van der Waals surface area contributed by atoms with E-state index < -0.39 is 0 Å². The maximum absolute atomic E-state index is 2.47. The molecular weight excluding hydrogens is 773 g/mol. The third-order valence-corrected chi connectivity index (χ3v) is 12.8. The van der Waals surface area contributed by atoms with Crippen molar-refractivity contribution in [2.24, 2.45) is 0 Å². The summed E-state index contributed by atoms with van der Waals surface area (Å²) in [6, 6.07) is 92.6. The third-order valence-electron chi connectivity index (χ3n) is 12.8. The smallest absolute Gasteiger partial charge is 0.0619 e. The van der Waals surface area contributed by atoms with Gasteiger partial charge in [0, 0.05) is 39.0 Å². The molecule has 0 unspecified atom stereocenters. The zero-order valence-corrected chi connectivity index (χ0v) is 35.1. The van der Waals surface area contributed by atoms with Gasteiger partial charge in [-0.05, 0) is 103 Å². The molecule has 2 nitrogen and oxygen atoms in total. The molecule has 0 saturated heterocycles. The summed E-state index contributed by atoms with van der Waals surface area (Å²) >= 11 is 0. The molecule has 0 aliphatic carbocycles. The number of nitrogens with zero attached hydrogens (tertiary/aromatic N) is 2. The zero-order valence-electron chi connectivity index (χ0n) is 35.1. The van der Waals surface area contributed by atoms with E-state index in [1.165, 1.54) is 82.3 Å². The first-order valence-corrected chi connectivity index (χ1v) is 22.0. The number of hydrogen-bond donors (Lipinski definition) is 0. The van der Waals surface area contributed by atoms with Crippen molar-refractivity contribution in [2.45, 2.75) is 0 Å². The summed E-state index contributed by atoms with van der Waals surface area (Å²) in [5, 5.41) is 7.49. The monoisotopic (exact) mass is 814 g/mol. The Bertz CT molecular complexity index is 3500. The molecule has 0 N–H and O–H groups in total. The number of fused-ring (bicyclic) bond motifs is 5. The first-order valence-electron chi connectivity index (χ1n) is 22.0. The largest absolute Gasteiger partial charge is 0.311 e. The van der Waals surface area contributed by atoms with Crippen LogP contribution in [-0.2, 0) is 0 Å². The second-order valence-corrected chi connectivity index (χ2v) is 16.5. The van der Waals surface area contributed by atoms with Gasteiger partial charge in [-0.3, -0.25) is 0 Å². The van der Waals surface area contributed by atoms with Crippen molar-refractivity contribution >= 4 is 60.4 Å². The normalized spacial score (nSPS) is 11.4. The minimum absolute atomic E-state index is 1.08. The molecule has 300 valence electrons. The fourth-order valence-electron chi connectivity index (χ4n) is 9.80. The molecule has 0 atom stereocenters. The average molecular weight is 815 g/mol. The lowest BCUT2D eigenvalue weighted by atomic mass is 9.97.